The standard InChI is InChI=1S/C23H24N2O3/c1-15-13-16(2)19(23(27)14-15)9-12-22(26)21-11-10-20(24-25-21)17(3)28-18-7-5-4-6-8-18/h4-8,10-11,13,17H,9,12,14H2,1-3H3. The highest BCUT2D eigenvalue weighted by Crippen LogP contribution is 2.25. The molecule has 0 N–H and O–H groups in total. The fraction of sp³-hybridized carbons (Fsp3) is 0.304. The molecule has 1 atom stereocenters. The maximum Gasteiger partial charge on any atom is 0.183 e. The van der Waals surface area contributed by atoms with Crippen molar-refractivity contribution in [2.24, 2.45) is 0 Å². The number of rotatable bonds is 7. The summed E-state index contributed by atoms with van der Waals surface area (Å²) in [5, 5.41) is 8.21. The van der Waals surface area contributed by atoms with Crippen molar-refractivity contribution in [1.29, 1.82) is 0 Å². The molecule has 0 fully saturated rings. The maximum absolute atomic E-state index is 12.5. The third-order valence-electron chi connectivity index (χ3n) is 4.76. The summed E-state index contributed by atoms with van der Waals surface area (Å²) in [7, 11) is 0. The number of para-hydroxylation sites is 1. The van der Waals surface area contributed by atoms with E-state index in [2.05, 4.69) is 10.2 Å². The van der Waals surface area contributed by atoms with E-state index in [1.54, 1.807) is 12.1 Å². The van der Waals surface area contributed by atoms with Crippen molar-refractivity contribution < 1.29 is 14.3 Å². The zero-order valence-electron chi connectivity index (χ0n) is 16.4. The van der Waals surface area contributed by atoms with Gasteiger partial charge in [0.25, 0.3) is 0 Å². The lowest BCUT2D eigenvalue weighted by molar-refractivity contribution is -0.115. The van der Waals surface area contributed by atoms with Crippen molar-refractivity contribution in [3.8, 4) is 5.75 Å². The molecule has 0 bridgehead atoms. The van der Waals surface area contributed by atoms with Gasteiger partial charge >= 0.3 is 0 Å². The van der Waals surface area contributed by atoms with E-state index in [1.807, 2.05) is 57.2 Å². The molecule has 1 unspecified atom stereocenters. The van der Waals surface area contributed by atoms with Crippen molar-refractivity contribution in [3.63, 3.8) is 0 Å². The Hall–Kier alpha value is -3.08. The van der Waals surface area contributed by atoms with Crippen LogP contribution in [0.5, 0.6) is 5.75 Å². The Morgan fingerprint density at radius 3 is 2.50 bits per heavy atom. The van der Waals surface area contributed by atoms with E-state index in [9.17, 15) is 9.59 Å². The van der Waals surface area contributed by atoms with Gasteiger partial charge in [0.2, 0.25) is 0 Å². The summed E-state index contributed by atoms with van der Waals surface area (Å²) >= 11 is 0. The average Bonchev–Trinajstić information content (AvgIpc) is 2.68. The van der Waals surface area contributed by atoms with Crippen LogP contribution in [0, 0.1) is 0 Å². The van der Waals surface area contributed by atoms with Crippen LogP contribution in [0.15, 0.2) is 65.3 Å². The number of ketones is 2. The van der Waals surface area contributed by atoms with Crippen LogP contribution >= 0.6 is 0 Å². The summed E-state index contributed by atoms with van der Waals surface area (Å²) in [6, 6.07) is 12.9. The van der Waals surface area contributed by atoms with E-state index in [4.69, 9.17) is 4.74 Å². The topological polar surface area (TPSA) is 69.2 Å². The fourth-order valence-corrected chi connectivity index (χ4v) is 3.26. The number of ether oxygens (including phenoxy) is 1. The molecule has 28 heavy (non-hydrogen) atoms. The molecule has 5 heteroatoms. The number of aromatic nitrogens is 2. The Morgan fingerprint density at radius 2 is 1.86 bits per heavy atom. The molecule has 1 aliphatic rings. The molecule has 0 saturated carbocycles. The van der Waals surface area contributed by atoms with Crippen LogP contribution in [0.25, 0.3) is 0 Å². The second kappa shape index (κ2) is 8.74. The highest BCUT2D eigenvalue weighted by molar-refractivity contribution is 6.01. The summed E-state index contributed by atoms with van der Waals surface area (Å²) in [4.78, 5) is 24.6. The van der Waals surface area contributed by atoms with E-state index in [-0.39, 0.29) is 24.1 Å². The molecule has 144 valence electrons. The Balaban J connectivity index is 1.61. The summed E-state index contributed by atoms with van der Waals surface area (Å²) in [6.45, 7) is 5.75. The Morgan fingerprint density at radius 1 is 1.11 bits per heavy atom. The molecule has 0 amide bonds. The van der Waals surface area contributed by atoms with Gasteiger partial charge in [-0.05, 0) is 62.6 Å². The number of nitrogens with zero attached hydrogens (tertiary/aromatic N) is 2. The lowest BCUT2D eigenvalue weighted by Crippen LogP contribution is -2.13. The zero-order valence-corrected chi connectivity index (χ0v) is 16.4. The van der Waals surface area contributed by atoms with Gasteiger partial charge in [-0.15, -0.1) is 5.10 Å². The lowest BCUT2D eigenvalue weighted by atomic mass is 9.89. The Labute approximate surface area is 165 Å². The molecule has 0 saturated heterocycles. The van der Waals surface area contributed by atoms with E-state index in [1.165, 1.54) is 0 Å². The van der Waals surface area contributed by atoms with Crippen LogP contribution in [0.4, 0.5) is 0 Å². The van der Waals surface area contributed by atoms with Crippen molar-refractivity contribution in [3.05, 3.63) is 76.6 Å². The van der Waals surface area contributed by atoms with Crippen LogP contribution in [0.3, 0.4) is 0 Å². The van der Waals surface area contributed by atoms with Gasteiger partial charge in [0.05, 0.1) is 0 Å². The van der Waals surface area contributed by atoms with Crippen LogP contribution in [0.1, 0.15) is 62.3 Å². The first-order valence-corrected chi connectivity index (χ1v) is 9.42. The van der Waals surface area contributed by atoms with E-state index >= 15 is 0 Å². The first-order chi connectivity index (χ1) is 13.4. The number of allylic oxidation sites excluding steroid dienone is 4. The van der Waals surface area contributed by atoms with Crippen molar-refractivity contribution >= 4 is 11.6 Å². The quantitative estimate of drug-likeness (QED) is 0.648. The molecule has 1 aromatic heterocycles. The zero-order chi connectivity index (χ0) is 20.1. The SMILES string of the molecule is CC1=CC(C)=C(CCC(=O)c2ccc(C(C)Oc3ccccc3)nn2)C(=O)C1. The van der Waals surface area contributed by atoms with Crippen molar-refractivity contribution in [2.45, 2.75) is 46.1 Å². The van der Waals surface area contributed by atoms with Crippen molar-refractivity contribution in [1.82, 2.24) is 10.2 Å². The third kappa shape index (κ3) is 4.80. The first kappa shape index (κ1) is 19.7. The molecule has 0 radical (unpaired) electrons. The second-order valence-corrected chi connectivity index (χ2v) is 7.09. The number of hydrogen-bond acceptors (Lipinski definition) is 5. The van der Waals surface area contributed by atoms with E-state index in [0.717, 1.165) is 22.5 Å². The van der Waals surface area contributed by atoms with Gasteiger partial charge in [0.15, 0.2) is 11.6 Å². The maximum atomic E-state index is 12.5. The number of benzene rings is 1. The molecular formula is C23H24N2O3. The first-order valence-electron chi connectivity index (χ1n) is 9.42. The van der Waals surface area contributed by atoms with Crippen LogP contribution in [-0.4, -0.2) is 21.8 Å². The number of Topliss-reactive ketones (excluding diaryl/α,β-unsaturated/α-hetero) is 2. The second-order valence-electron chi connectivity index (χ2n) is 7.09. The van der Waals surface area contributed by atoms with E-state index in [0.29, 0.717) is 24.2 Å². The molecule has 1 aromatic carbocycles. The molecule has 5 nitrogen and oxygen atoms in total. The monoisotopic (exact) mass is 376 g/mol. The third-order valence-corrected chi connectivity index (χ3v) is 4.76. The number of carbonyl (C=O) groups is 2. The van der Waals surface area contributed by atoms with Gasteiger partial charge in [0, 0.05) is 12.8 Å². The summed E-state index contributed by atoms with van der Waals surface area (Å²) < 4.78 is 5.82. The van der Waals surface area contributed by atoms with Gasteiger partial charge in [-0.2, -0.15) is 5.10 Å². The van der Waals surface area contributed by atoms with Crippen LogP contribution in [0.2, 0.25) is 0 Å². The highest BCUT2D eigenvalue weighted by Gasteiger charge is 2.19. The van der Waals surface area contributed by atoms with Crippen molar-refractivity contribution in [2.75, 3.05) is 0 Å². The molecule has 1 aliphatic carbocycles. The van der Waals surface area contributed by atoms with Gasteiger partial charge < -0.3 is 4.74 Å². The average molecular weight is 376 g/mol. The summed E-state index contributed by atoms with van der Waals surface area (Å²) in [5.41, 5.74) is 3.72. The summed E-state index contributed by atoms with van der Waals surface area (Å²) in [5.74, 6) is 0.746. The Kier molecular flexibility index (Phi) is 6.14. The minimum Gasteiger partial charge on any atom is -0.484 e. The fourth-order valence-electron chi connectivity index (χ4n) is 3.26. The normalized spacial score (nSPS) is 15.2. The highest BCUT2D eigenvalue weighted by atomic mass is 16.5. The molecule has 0 spiro atoms. The molecular weight excluding hydrogens is 352 g/mol. The van der Waals surface area contributed by atoms with Gasteiger partial charge in [0.1, 0.15) is 23.2 Å². The minimum atomic E-state index is -0.276. The smallest absolute Gasteiger partial charge is 0.183 e. The van der Waals surface area contributed by atoms with Gasteiger partial charge in [-0.25, -0.2) is 0 Å². The van der Waals surface area contributed by atoms with E-state index < -0.39 is 0 Å². The molecule has 1 heterocycles. The summed E-state index contributed by atoms with van der Waals surface area (Å²) in [6.07, 6.45) is 2.86. The molecule has 3 rings (SSSR count). The van der Waals surface area contributed by atoms with Gasteiger partial charge in [-0.3, -0.25) is 9.59 Å². The minimum absolute atomic E-state index is 0.110. The van der Waals surface area contributed by atoms with Crippen LogP contribution in [-0.2, 0) is 4.79 Å². The predicted octanol–water partition coefficient (Wildman–Crippen LogP) is 4.82. The van der Waals surface area contributed by atoms with Crippen LogP contribution < -0.4 is 4.74 Å². The molecule has 2 aromatic rings. The molecule has 0 aliphatic heterocycles. The number of hydrogen-bond donors (Lipinski definition) is 0. The van der Waals surface area contributed by atoms with Gasteiger partial charge in [-0.1, -0.05) is 29.8 Å². The lowest BCUT2D eigenvalue weighted by Gasteiger charge is -2.15. The largest absolute Gasteiger partial charge is 0.484 e. The number of carbonyl (C=O) groups excluding carboxylic acids is 2. The predicted molar refractivity (Wildman–Crippen MR) is 107 cm³/mol. The Bertz CT molecular complexity index is 928.